The minimum absolute atomic E-state index is 0.749. The summed E-state index contributed by atoms with van der Waals surface area (Å²) in [6.07, 6.45) is 3.18. The largest absolute Gasteiger partial charge is 0.496 e. The minimum atomic E-state index is 0.749. The molecule has 0 unspecified atom stereocenters. The SMILES string of the molecule is COc1cccc2nc(C)cc(CCCCN)c12. The number of hydrogen-bond acceptors (Lipinski definition) is 3. The van der Waals surface area contributed by atoms with Crippen molar-refractivity contribution >= 4 is 10.9 Å². The van der Waals surface area contributed by atoms with Gasteiger partial charge in [0.1, 0.15) is 5.75 Å². The highest BCUT2D eigenvalue weighted by molar-refractivity contribution is 5.88. The maximum Gasteiger partial charge on any atom is 0.128 e. The summed E-state index contributed by atoms with van der Waals surface area (Å²) >= 11 is 0. The lowest BCUT2D eigenvalue weighted by Crippen LogP contribution is -2.00. The van der Waals surface area contributed by atoms with E-state index in [9.17, 15) is 0 Å². The number of nitrogens with zero attached hydrogens (tertiary/aromatic N) is 1. The summed E-state index contributed by atoms with van der Waals surface area (Å²) in [6.45, 7) is 2.78. The van der Waals surface area contributed by atoms with Crippen LogP contribution in [0, 0.1) is 6.92 Å². The quantitative estimate of drug-likeness (QED) is 0.823. The maximum absolute atomic E-state index is 5.55. The van der Waals surface area contributed by atoms with Crippen LogP contribution in [0.1, 0.15) is 24.1 Å². The van der Waals surface area contributed by atoms with Crippen LogP contribution in [-0.2, 0) is 6.42 Å². The fourth-order valence-corrected chi connectivity index (χ4v) is 2.31. The van der Waals surface area contributed by atoms with E-state index in [-0.39, 0.29) is 0 Å². The molecule has 0 aliphatic carbocycles. The van der Waals surface area contributed by atoms with Crippen molar-refractivity contribution in [3.8, 4) is 5.75 Å². The highest BCUT2D eigenvalue weighted by Crippen LogP contribution is 2.29. The number of fused-ring (bicyclic) bond motifs is 1. The van der Waals surface area contributed by atoms with Crippen LogP contribution in [0.2, 0.25) is 0 Å². The first-order valence-electron chi connectivity index (χ1n) is 6.39. The van der Waals surface area contributed by atoms with E-state index >= 15 is 0 Å². The van der Waals surface area contributed by atoms with E-state index < -0.39 is 0 Å². The number of aromatic nitrogens is 1. The van der Waals surface area contributed by atoms with Gasteiger partial charge in [0.25, 0.3) is 0 Å². The molecule has 3 nitrogen and oxygen atoms in total. The monoisotopic (exact) mass is 244 g/mol. The van der Waals surface area contributed by atoms with Crippen LogP contribution in [0.3, 0.4) is 0 Å². The van der Waals surface area contributed by atoms with Crippen molar-refractivity contribution < 1.29 is 4.74 Å². The summed E-state index contributed by atoms with van der Waals surface area (Å²) in [6, 6.07) is 8.17. The molecule has 96 valence electrons. The lowest BCUT2D eigenvalue weighted by atomic mass is 10.0. The van der Waals surface area contributed by atoms with Gasteiger partial charge in [-0.2, -0.15) is 0 Å². The summed E-state index contributed by atoms with van der Waals surface area (Å²) in [4.78, 5) is 4.57. The van der Waals surface area contributed by atoms with E-state index in [2.05, 4.69) is 11.1 Å². The molecule has 1 aromatic carbocycles. The van der Waals surface area contributed by atoms with Gasteiger partial charge in [0.2, 0.25) is 0 Å². The maximum atomic E-state index is 5.55. The predicted molar refractivity (Wildman–Crippen MR) is 75.0 cm³/mol. The summed E-state index contributed by atoms with van der Waals surface area (Å²) in [5, 5.41) is 1.14. The van der Waals surface area contributed by atoms with Crippen molar-refractivity contribution in [2.75, 3.05) is 13.7 Å². The topological polar surface area (TPSA) is 48.1 Å². The van der Waals surface area contributed by atoms with E-state index in [1.165, 1.54) is 5.56 Å². The van der Waals surface area contributed by atoms with Crippen LogP contribution in [0.15, 0.2) is 24.3 Å². The molecule has 0 amide bonds. The Morgan fingerprint density at radius 2 is 2.11 bits per heavy atom. The first-order chi connectivity index (χ1) is 8.76. The normalized spacial score (nSPS) is 10.8. The Bertz CT molecular complexity index is 537. The molecule has 0 aliphatic heterocycles. The average molecular weight is 244 g/mol. The highest BCUT2D eigenvalue weighted by Gasteiger charge is 2.08. The van der Waals surface area contributed by atoms with E-state index in [4.69, 9.17) is 10.5 Å². The third-order valence-electron chi connectivity index (χ3n) is 3.13. The molecular formula is C15H20N2O. The fourth-order valence-electron chi connectivity index (χ4n) is 2.31. The van der Waals surface area contributed by atoms with E-state index in [1.54, 1.807) is 7.11 Å². The molecule has 0 radical (unpaired) electrons. The van der Waals surface area contributed by atoms with Crippen LogP contribution in [0.4, 0.5) is 0 Å². The number of pyridine rings is 1. The first-order valence-corrected chi connectivity index (χ1v) is 6.39. The molecule has 0 atom stereocenters. The molecule has 0 saturated heterocycles. The molecule has 1 aromatic heterocycles. The smallest absolute Gasteiger partial charge is 0.128 e. The number of unbranched alkanes of at least 4 members (excludes halogenated alkanes) is 1. The van der Waals surface area contributed by atoms with Gasteiger partial charge in [0.05, 0.1) is 12.6 Å². The predicted octanol–water partition coefficient (Wildman–Crippen LogP) is 2.83. The molecule has 0 bridgehead atoms. The molecule has 0 fully saturated rings. The van der Waals surface area contributed by atoms with Gasteiger partial charge in [-0.15, -0.1) is 0 Å². The second-order valence-electron chi connectivity index (χ2n) is 4.52. The summed E-state index contributed by atoms with van der Waals surface area (Å²) in [7, 11) is 1.71. The molecule has 0 saturated carbocycles. The number of hydrogen-bond donors (Lipinski definition) is 1. The zero-order valence-corrected chi connectivity index (χ0v) is 11.1. The lowest BCUT2D eigenvalue weighted by molar-refractivity contribution is 0.419. The molecule has 2 aromatic rings. The van der Waals surface area contributed by atoms with Crippen LogP contribution < -0.4 is 10.5 Å². The lowest BCUT2D eigenvalue weighted by Gasteiger charge is -2.11. The molecule has 2 rings (SSSR count). The molecule has 1 heterocycles. The number of aryl methyl sites for hydroxylation is 2. The Balaban J connectivity index is 2.48. The minimum Gasteiger partial charge on any atom is -0.496 e. The van der Waals surface area contributed by atoms with Gasteiger partial charge in [-0.1, -0.05) is 6.07 Å². The fraction of sp³-hybridized carbons (Fsp3) is 0.400. The third kappa shape index (κ3) is 2.62. The first kappa shape index (κ1) is 12.8. The van der Waals surface area contributed by atoms with Crippen LogP contribution in [0.25, 0.3) is 10.9 Å². The van der Waals surface area contributed by atoms with Crippen molar-refractivity contribution in [3.05, 3.63) is 35.5 Å². The Morgan fingerprint density at radius 1 is 1.28 bits per heavy atom. The van der Waals surface area contributed by atoms with Gasteiger partial charge in [-0.05, 0) is 56.5 Å². The number of nitrogens with two attached hydrogens (primary N) is 1. The highest BCUT2D eigenvalue weighted by atomic mass is 16.5. The zero-order chi connectivity index (χ0) is 13.0. The number of rotatable bonds is 5. The molecule has 18 heavy (non-hydrogen) atoms. The summed E-state index contributed by atoms with van der Waals surface area (Å²) in [5.74, 6) is 0.905. The molecular weight excluding hydrogens is 224 g/mol. The number of methoxy groups -OCH3 is 1. The Labute approximate surface area is 108 Å². The van der Waals surface area contributed by atoms with Gasteiger partial charge in [0, 0.05) is 11.1 Å². The summed E-state index contributed by atoms with van der Waals surface area (Å²) < 4.78 is 5.45. The van der Waals surface area contributed by atoms with Gasteiger partial charge < -0.3 is 10.5 Å². The van der Waals surface area contributed by atoms with Crippen LogP contribution in [-0.4, -0.2) is 18.6 Å². The molecule has 2 N–H and O–H groups in total. The molecule has 0 spiro atoms. The van der Waals surface area contributed by atoms with Crippen LogP contribution in [0.5, 0.6) is 5.75 Å². The summed E-state index contributed by atoms with van der Waals surface area (Å²) in [5.41, 5.74) is 8.93. The second-order valence-corrected chi connectivity index (χ2v) is 4.52. The Morgan fingerprint density at radius 3 is 2.83 bits per heavy atom. The van der Waals surface area contributed by atoms with Gasteiger partial charge in [-0.25, -0.2) is 0 Å². The average Bonchev–Trinajstić information content (AvgIpc) is 2.37. The van der Waals surface area contributed by atoms with Crippen molar-refractivity contribution in [1.82, 2.24) is 4.98 Å². The molecule has 3 heteroatoms. The second kappa shape index (κ2) is 5.83. The Kier molecular flexibility index (Phi) is 4.15. The van der Waals surface area contributed by atoms with Crippen LogP contribution >= 0.6 is 0 Å². The van der Waals surface area contributed by atoms with Crippen molar-refractivity contribution in [2.45, 2.75) is 26.2 Å². The van der Waals surface area contributed by atoms with Gasteiger partial charge >= 0.3 is 0 Å². The number of benzene rings is 1. The third-order valence-corrected chi connectivity index (χ3v) is 3.13. The van der Waals surface area contributed by atoms with Crippen molar-refractivity contribution in [2.24, 2.45) is 5.73 Å². The zero-order valence-electron chi connectivity index (χ0n) is 11.1. The van der Waals surface area contributed by atoms with E-state index in [0.717, 1.165) is 48.2 Å². The number of ether oxygens (including phenoxy) is 1. The Hall–Kier alpha value is -1.61. The molecule has 0 aliphatic rings. The standard InChI is InChI=1S/C15H20N2O/c1-11-10-12(6-3-4-9-16)15-13(17-11)7-5-8-14(15)18-2/h5,7-8,10H,3-4,6,9,16H2,1-2H3. The van der Waals surface area contributed by atoms with E-state index in [1.807, 2.05) is 25.1 Å². The van der Waals surface area contributed by atoms with Gasteiger partial charge in [-0.3, -0.25) is 4.98 Å². The van der Waals surface area contributed by atoms with Crippen molar-refractivity contribution in [3.63, 3.8) is 0 Å². The van der Waals surface area contributed by atoms with E-state index in [0.29, 0.717) is 0 Å². The van der Waals surface area contributed by atoms with Crippen molar-refractivity contribution in [1.29, 1.82) is 0 Å². The van der Waals surface area contributed by atoms with Gasteiger partial charge in [0.15, 0.2) is 0 Å².